The highest BCUT2D eigenvalue weighted by Crippen LogP contribution is 2.27. The molecule has 0 radical (unpaired) electrons. The summed E-state index contributed by atoms with van der Waals surface area (Å²) >= 11 is 0. The third kappa shape index (κ3) is 3.59. The van der Waals surface area contributed by atoms with E-state index in [2.05, 4.69) is 20.4 Å². The molecule has 1 aliphatic carbocycles. The second-order valence-electron chi connectivity index (χ2n) is 7.42. The van der Waals surface area contributed by atoms with Gasteiger partial charge in [0.15, 0.2) is 0 Å². The fourth-order valence-electron chi connectivity index (χ4n) is 3.54. The highest BCUT2D eigenvalue weighted by atomic mass is 16.2. The van der Waals surface area contributed by atoms with Crippen LogP contribution in [0.3, 0.4) is 0 Å². The van der Waals surface area contributed by atoms with E-state index in [4.69, 9.17) is 5.26 Å². The summed E-state index contributed by atoms with van der Waals surface area (Å²) in [5, 5.41) is 16.0. The lowest BCUT2D eigenvalue weighted by atomic mass is 10.1. The summed E-state index contributed by atoms with van der Waals surface area (Å²) in [6.45, 7) is 0. The summed E-state index contributed by atoms with van der Waals surface area (Å²) < 4.78 is 1.66. The maximum absolute atomic E-state index is 13.6. The second kappa shape index (κ2) is 8.44. The number of pyridine rings is 3. The number of fused-ring (bicyclic) bond motifs is 1. The van der Waals surface area contributed by atoms with E-state index in [9.17, 15) is 9.59 Å². The molecule has 2 amide bonds. The zero-order chi connectivity index (χ0) is 23.7. The molecule has 4 aromatic heterocycles. The third-order valence-corrected chi connectivity index (χ3v) is 5.40. The number of nitrogens with one attached hydrogen (secondary N) is 1. The number of nitriles is 1. The molecule has 4 heterocycles. The standard InChI is InChI=1S/C25H17N7O2/c1-27-24(33)18-6-7-21(28-14-18)20-15-30-31-10-9-17(11-22(20)31)25(34)32(19-3-2-4-19)23-8-5-16(12-26)13-29-23/h2-11,13-15H,1H3,(H,27,33). The van der Waals surface area contributed by atoms with Crippen LogP contribution in [-0.4, -0.2) is 38.4 Å². The Morgan fingerprint density at radius 2 is 1.91 bits per heavy atom. The normalized spacial score (nSPS) is 11.9. The summed E-state index contributed by atoms with van der Waals surface area (Å²) in [6, 6.07) is 12.2. The van der Waals surface area contributed by atoms with Gasteiger partial charge in [0.05, 0.1) is 34.2 Å². The van der Waals surface area contributed by atoms with Gasteiger partial charge in [0, 0.05) is 36.8 Å². The number of nitrogens with zero attached hydrogens (tertiary/aromatic N) is 6. The molecule has 0 atom stereocenters. The van der Waals surface area contributed by atoms with Gasteiger partial charge in [0.1, 0.15) is 11.9 Å². The van der Waals surface area contributed by atoms with Crippen molar-refractivity contribution in [2.24, 2.45) is 0 Å². The Labute approximate surface area is 194 Å². The van der Waals surface area contributed by atoms with Crippen LogP contribution in [0.25, 0.3) is 16.8 Å². The van der Waals surface area contributed by atoms with Crippen molar-refractivity contribution in [3.05, 3.63) is 102 Å². The maximum atomic E-state index is 13.6. The molecule has 9 nitrogen and oxygen atoms in total. The van der Waals surface area contributed by atoms with Gasteiger partial charge in [-0.05, 0) is 48.6 Å². The molecule has 0 bridgehead atoms. The topological polar surface area (TPSA) is 116 Å². The van der Waals surface area contributed by atoms with Crippen molar-refractivity contribution in [3.8, 4) is 17.3 Å². The van der Waals surface area contributed by atoms with Crippen LogP contribution >= 0.6 is 0 Å². The molecule has 0 spiro atoms. The van der Waals surface area contributed by atoms with E-state index in [1.165, 1.54) is 17.3 Å². The smallest absolute Gasteiger partial charge is 0.264 e. The lowest BCUT2D eigenvalue weighted by Crippen LogP contribution is -2.31. The predicted octanol–water partition coefficient (Wildman–Crippen LogP) is 3.12. The Balaban J connectivity index is 1.52. The minimum Gasteiger partial charge on any atom is -0.355 e. The molecule has 4 aromatic rings. The van der Waals surface area contributed by atoms with Crippen molar-refractivity contribution >= 4 is 23.1 Å². The van der Waals surface area contributed by atoms with Gasteiger partial charge in [0.25, 0.3) is 11.8 Å². The van der Waals surface area contributed by atoms with Gasteiger partial charge < -0.3 is 5.32 Å². The largest absolute Gasteiger partial charge is 0.355 e. The molecular formula is C25H17N7O2. The zero-order valence-electron chi connectivity index (χ0n) is 18.0. The van der Waals surface area contributed by atoms with E-state index >= 15 is 0 Å². The Bertz CT molecular complexity index is 1520. The molecule has 0 saturated carbocycles. The first kappa shape index (κ1) is 20.8. The number of allylic oxidation sites excluding steroid dienone is 3. The van der Waals surface area contributed by atoms with Crippen molar-refractivity contribution in [1.82, 2.24) is 24.9 Å². The molecule has 1 N–H and O–H groups in total. The second-order valence-corrected chi connectivity index (χ2v) is 7.42. The monoisotopic (exact) mass is 447 g/mol. The van der Waals surface area contributed by atoms with Crippen LogP contribution in [0, 0.1) is 11.3 Å². The van der Waals surface area contributed by atoms with Crippen molar-refractivity contribution < 1.29 is 9.59 Å². The van der Waals surface area contributed by atoms with Crippen molar-refractivity contribution in [2.75, 3.05) is 11.9 Å². The number of anilines is 1. The average Bonchev–Trinajstić information content (AvgIpc) is 3.28. The van der Waals surface area contributed by atoms with Gasteiger partial charge in [-0.2, -0.15) is 10.4 Å². The van der Waals surface area contributed by atoms with E-state index in [1.54, 1.807) is 60.4 Å². The van der Waals surface area contributed by atoms with E-state index in [0.717, 1.165) is 5.56 Å². The highest BCUT2D eigenvalue weighted by molar-refractivity contribution is 6.09. The molecule has 0 aromatic carbocycles. The molecular weight excluding hydrogens is 430 g/mol. The quantitative estimate of drug-likeness (QED) is 0.502. The Morgan fingerprint density at radius 3 is 2.53 bits per heavy atom. The minimum atomic E-state index is -0.273. The van der Waals surface area contributed by atoms with Crippen LogP contribution < -0.4 is 10.2 Å². The summed E-state index contributed by atoms with van der Waals surface area (Å²) in [7, 11) is 1.56. The van der Waals surface area contributed by atoms with Gasteiger partial charge in [-0.15, -0.1) is 0 Å². The lowest BCUT2D eigenvalue weighted by molar-refractivity contribution is 0.0961. The van der Waals surface area contributed by atoms with Crippen molar-refractivity contribution in [3.63, 3.8) is 0 Å². The van der Waals surface area contributed by atoms with Gasteiger partial charge in [-0.25, -0.2) is 9.50 Å². The van der Waals surface area contributed by atoms with Crippen molar-refractivity contribution in [1.29, 1.82) is 5.26 Å². The summed E-state index contributed by atoms with van der Waals surface area (Å²) in [5.41, 5.74) is 4.04. The number of aromatic nitrogens is 4. The maximum Gasteiger partial charge on any atom is 0.264 e. The molecule has 5 rings (SSSR count). The van der Waals surface area contributed by atoms with E-state index in [0.29, 0.717) is 39.4 Å². The Morgan fingerprint density at radius 1 is 1.06 bits per heavy atom. The Hall–Kier alpha value is -5.10. The fraction of sp³-hybridized carbons (Fsp3) is 0.0400. The zero-order valence-corrected chi connectivity index (χ0v) is 18.0. The third-order valence-electron chi connectivity index (χ3n) is 5.40. The average molecular weight is 447 g/mol. The Kier molecular flexibility index (Phi) is 5.16. The molecule has 0 saturated heterocycles. The van der Waals surface area contributed by atoms with Crippen LogP contribution in [0.4, 0.5) is 5.82 Å². The minimum absolute atomic E-state index is 0.220. The first-order valence-electron chi connectivity index (χ1n) is 10.3. The molecule has 1 aliphatic rings. The van der Waals surface area contributed by atoms with Crippen LogP contribution in [0.2, 0.25) is 0 Å². The molecule has 164 valence electrons. The van der Waals surface area contributed by atoms with Gasteiger partial charge in [0.2, 0.25) is 0 Å². The number of amides is 2. The summed E-state index contributed by atoms with van der Waals surface area (Å²) in [4.78, 5) is 35.6. The van der Waals surface area contributed by atoms with Crippen LogP contribution in [0.1, 0.15) is 26.3 Å². The SMILES string of the molecule is CNC(=O)c1ccc(-c2cnn3ccc(C(=O)N(C4=CC=C4)c4ccc(C#N)cn4)cc23)nc1. The lowest BCUT2D eigenvalue weighted by Gasteiger charge is -2.25. The molecule has 0 fully saturated rings. The highest BCUT2D eigenvalue weighted by Gasteiger charge is 2.24. The van der Waals surface area contributed by atoms with Crippen LogP contribution in [0.5, 0.6) is 0 Å². The number of carbonyl (C=O) groups excluding carboxylic acids is 2. The van der Waals surface area contributed by atoms with E-state index in [1.807, 2.05) is 24.3 Å². The first-order chi connectivity index (χ1) is 16.6. The summed E-state index contributed by atoms with van der Waals surface area (Å²) in [5.74, 6) is -0.0762. The van der Waals surface area contributed by atoms with Gasteiger partial charge >= 0.3 is 0 Å². The fourth-order valence-corrected chi connectivity index (χ4v) is 3.54. The molecule has 0 aliphatic heterocycles. The molecule has 34 heavy (non-hydrogen) atoms. The summed E-state index contributed by atoms with van der Waals surface area (Å²) in [6.07, 6.45) is 11.8. The first-order valence-corrected chi connectivity index (χ1v) is 10.3. The van der Waals surface area contributed by atoms with Crippen LogP contribution in [-0.2, 0) is 0 Å². The number of hydrogen-bond donors (Lipinski definition) is 1. The van der Waals surface area contributed by atoms with E-state index < -0.39 is 0 Å². The number of carbonyl (C=O) groups is 2. The predicted molar refractivity (Wildman–Crippen MR) is 125 cm³/mol. The molecule has 0 unspecified atom stereocenters. The van der Waals surface area contributed by atoms with Gasteiger partial charge in [-0.3, -0.25) is 19.5 Å². The van der Waals surface area contributed by atoms with E-state index in [-0.39, 0.29) is 11.8 Å². The van der Waals surface area contributed by atoms with Crippen LogP contribution in [0.15, 0.2) is 85.1 Å². The van der Waals surface area contributed by atoms with Crippen molar-refractivity contribution in [2.45, 2.75) is 0 Å². The number of hydrogen-bond acceptors (Lipinski definition) is 6. The van der Waals surface area contributed by atoms with Gasteiger partial charge in [-0.1, -0.05) is 6.08 Å². The number of rotatable bonds is 5. The molecule has 9 heteroatoms.